The molecule has 2 nitrogen and oxygen atoms in total. The third-order valence-electron chi connectivity index (χ3n) is 3.22. The van der Waals surface area contributed by atoms with Gasteiger partial charge in [-0.05, 0) is 31.2 Å². The van der Waals surface area contributed by atoms with Crippen LogP contribution in [0.1, 0.15) is 15.6 Å². The number of imidazole rings is 1. The summed E-state index contributed by atoms with van der Waals surface area (Å²) in [6.45, 7) is 2.91. The van der Waals surface area contributed by atoms with E-state index in [1.807, 2.05) is 18.2 Å². The summed E-state index contributed by atoms with van der Waals surface area (Å²) in [4.78, 5) is 7.28. The fraction of sp³-hybridized carbons (Fsp3) is 0.267. The molecule has 3 aromatic rings. The fourth-order valence-corrected chi connectivity index (χ4v) is 3.68. The molecular formula is C15H14Cl2N2S. The van der Waals surface area contributed by atoms with Crippen molar-refractivity contribution in [2.75, 3.05) is 5.88 Å². The highest BCUT2D eigenvalue weighted by Crippen LogP contribution is 2.27. The maximum atomic E-state index is 6.36. The average molecular weight is 325 g/mol. The molecule has 3 rings (SSSR count). The number of hydrogen-bond donors (Lipinski definition) is 0. The molecule has 0 N–H and O–H groups in total. The number of hydrogen-bond acceptors (Lipinski definition) is 2. The van der Waals surface area contributed by atoms with E-state index in [4.69, 9.17) is 23.2 Å². The van der Waals surface area contributed by atoms with Crippen LogP contribution in [0.2, 0.25) is 5.02 Å². The number of halogens is 2. The SMILES string of the molecule is Cc1ccc(Cn2c(CCCl)nc3cccc(Cl)c32)s1. The lowest BCUT2D eigenvalue weighted by molar-refractivity contribution is 0.763. The van der Waals surface area contributed by atoms with Gasteiger partial charge in [0.15, 0.2) is 0 Å². The summed E-state index contributed by atoms with van der Waals surface area (Å²) in [6.07, 6.45) is 0.747. The summed E-state index contributed by atoms with van der Waals surface area (Å²) in [6, 6.07) is 10.1. The first-order chi connectivity index (χ1) is 9.69. The van der Waals surface area contributed by atoms with Crippen LogP contribution in [-0.2, 0) is 13.0 Å². The molecule has 2 heterocycles. The quantitative estimate of drug-likeness (QED) is 0.625. The number of thiophene rings is 1. The number of alkyl halides is 1. The Morgan fingerprint density at radius 3 is 2.80 bits per heavy atom. The molecule has 0 fully saturated rings. The van der Waals surface area contributed by atoms with E-state index in [0.717, 1.165) is 34.8 Å². The second kappa shape index (κ2) is 5.76. The molecule has 0 atom stereocenters. The molecule has 20 heavy (non-hydrogen) atoms. The summed E-state index contributed by atoms with van der Waals surface area (Å²) in [7, 11) is 0. The molecule has 0 saturated carbocycles. The first-order valence-corrected chi connectivity index (χ1v) is 8.17. The minimum Gasteiger partial charge on any atom is -0.321 e. The van der Waals surface area contributed by atoms with E-state index >= 15 is 0 Å². The van der Waals surface area contributed by atoms with Crippen LogP contribution in [0.25, 0.3) is 11.0 Å². The van der Waals surface area contributed by atoms with Crippen molar-refractivity contribution in [3.8, 4) is 0 Å². The highest BCUT2D eigenvalue weighted by atomic mass is 35.5. The molecule has 0 saturated heterocycles. The van der Waals surface area contributed by atoms with Gasteiger partial charge in [-0.25, -0.2) is 4.98 Å². The molecule has 0 spiro atoms. The molecular weight excluding hydrogens is 311 g/mol. The molecule has 5 heteroatoms. The van der Waals surface area contributed by atoms with Crippen LogP contribution in [-0.4, -0.2) is 15.4 Å². The van der Waals surface area contributed by atoms with Gasteiger partial charge in [0.1, 0.15) is 5.82 Å². The Morgan fingerprint density at radius 2 is 2.10 bits per heavy atom. The molecule has 0 unspecified atom stereocenters. The molecule has 1 aromatic carbocycles. The Hall–Kier alpha value is -1.03. The molecule has 0 bridgehead atoms. The Labute approximate surface area is 132 Å². The van der Waals surface area contributed by atoms with Gasteiger partial charge in [0.05, 0.1) is 22.6 Å². The van der Waals surface area contributed by atoms with Crippen molar-refractivity contribution in [3.05, 3.63) is 50.9 Å². The van der Waals surface area contributed by atoms with Gasteiger partial charge in [-0.2, -0.15) is 0 Å². The summed E-state index contributed by atoms with van der Waals surface area (Å²) < 4.78 is 2.19. The summed E-state index contributed by atoms with van der Waals surface area (Å²) in [5, 5.41) is 0.740. The third kappa shape index (κ3) is 2.58. The third-order valence-corrected chi connectivity index (χ3v) is 4.70. The molecule has 0 aliphatic heterocycles. The van der Waals surface area contributed by atoms with Crippen LogP contribution in [0.3, 0.4) is 0 Å². The Bertz CT molecular complexity index is 745. The van der Waals surface area contributed by atoms with E-state index in [0.29, 0.717) is 5.88 Å². The smallest absolute Gasteiger partial charge is 0.111 e. The average Bonchev–Trinajstić information content (AvgIpc) is 2.96. The monoisotopic (exact) mass is 324 g/mol. The van der Waals surface area contributed by atoms with Gasteiger partial charge in [0, 0.05) is 22.1 Å². The molecule has 0 radical (unpaired) electrons. The lowest BCUT2D eigenvalue weighted by Gasteiger charge is -2.08. The number of aryl methyl sites for hydroxylation is 2. The van der Waals surface area contributed by atoms with Crippen molar-refractivity contribution in [2.24, 2.45) is 0 Å². The van der Waals surface area contributed by atoms with Crippen LogP contribution in [0.15, 0.2) is 30.3 Å². The van der Waals surface area contributed by atoms with Gasteiger partial charge in [-0.3, -0.25) is 0 Å². The number of nitrogens with zero attached hydrogens (tertiary/aromatic N) is 2. The van der Waals surface area contributed by atoms with E-state index < -0.39 is 0 Å². The summed E-state index contributed by atoms with van der Waals surface area (Å²) in [5.74, 6) is 1.55. The zero-order chi connectivity index (χ0) is 14.1. The summed E-state index contributed by atoms with van der Waals surface area (Å²) >= 11 is 14.1. The standard InChI is InChI=1S/C15H14Cl2N2S/c1-10-5-6-11(20-10)9-19-14(7-8-16)18-13-4-2-3-12(17)15(13)19/h2-6H,7-9H2,1H3. The number of benzene rings is 1. The van der Waals surface area contributed by atoms with E-state index in [-0.39, 0.29) is 0 Å². The van der Waals surface area contributed by atoms with Gasteiger partial charge < -0.3 is 4.57 Å². The Morgan fingerprint density at radius 1 is 1.25 bits per heavy atom. The fourth-order valence-electron chi connectivity index (χ4n) is 2.36. The van der Waals surface area contributed by atoms with Gasteiger partial charge in [-0.15, -0.1) is 22.9 Å². The lowest BCUT2D eigenvalue weighted by Crippen LogP contribution is -2.05. The van der Waals surface area contributed by atoms with Crippen LogP contribution in [0, 0.1) is 6.92 Å². The number of aromatic nitrogens is 2. The summed E-state index contributed by atoms with van der Waals surface area (Å²) in [5.41, 5.74) is 1.94. The van der Waals surface area contributed by atoms with Crippen molar-refractivity contribution in [2.45, 2.75) is 19.9 Å². The molecule has 0 aliphatic carbocycles. The van der Waals surface area contributed by atoms with E-state index in [2.05, 4.69) is 28.6 Å². The zero-order valence-corrected chi connectivity index (χ0v) is 13.4. The molecule has 0 amide bonds. The van der Waals surface area contributed by atoms with Gasteiger partial charge in [0.25, 0.3) is 0 Å². The van der Waals surface area contributed by atoms with E-state index in [9.17, 15) is 0 Å². The van der Waals surface area contributed by atoms with Crippen molar-refractivity contribution < 1.29 is 0 Å². The van der Waals surface area contributed by atoms with Gasteiger partial charge >= 0.3 is 0 Å². The van der Waals surface area contributed by atoms with Crippen molar-refractivity contribution >= 4 is 45.6 Å². The Kier molecular flexibility index (Phi) is 4.01. The van der Waals surface area contributed by atoms with Crippen molar-refractivity contribution in [1.82, 2.24) is 9.55 Å². The van der Waals surface area contributed by atoms with Crippen molar-refractivity contribution in [1.29, 1.82) is 0 Å². The molecule has 2 aromatic heterocycles. The largest absolute Gasteiger partial charge is 0.321 e. The number of para-hydroxylation sites is 1. The number of rotatable bonds is 4. The maximum absolute atomic E-state index is 6.36. The predicted octanol–water partition coefficient (Wildman–Crippen LogP) is 4.89. The highest BCUT2D eigenvalue weighted by molar-refractivity contribution is 7.11. The number of fused-ring (bicyclic) bond motifs is 1. The van der Waals surface area contributed by atoms with E-state index in [1.54, 1.807) is 11.3 Å². The second-order valence-corrected chi connectivity index (χ2v) is 6.83. The van der Waals surface area contributed by atoms with Crippen molar-refractivity contribution in [3.63, 3.8) is 0 Å². The normalized spacial score (nSPS) is 11.3. The minimum atomic E-state index is 0.560. The van der Waals surface area contributed by atoms with Crippen LogP contribution in [0.5, 0.6) is 0 Å². The van der Waals surface area contributed by atoms with E-state index in [1.165, 1.54) is 9.75 Å². The van der Waals surface area contributed by atoms with Crippen LogP contribution in [0.4, 0.5) is 0 Å². The second-order valence-electron chi connectivity index (χ2n) is 4.67. The van der Waals surface area contributed by atoms with Crippen LogP contribution < -0.4 is 0 Å². The highest BCUT2D eigenvalue weighted by Gasteiger charge is 2.13. The Balaban J connectivity index is 2.12. The first kappa shape index (κ1) is 13.9. The molecule has 0 aliphatic rings. The first-order valence-electron chi connectivity index (χ1n) is 6.44. The maximum Gasteiger partial charge on any atom is 0.111 e. The zero-order valence-electron chi connectivity index (χ0n) is 11.1. The van der Waals surface area contributed by atoms with Gasteiger partial charge in [-0.1, -0.05) is 17.7 Å². The van der Waals surface area contributed by atoms with Gasteiger partial charge in [0.2, 0.25) is 0 Å². The predicted molar refractivity (Wildman–Crippen MR) is 87.3 cm³/mol. The minimum absolute atomic E-state index is 0.560. The lowest BCUT2D eigenvalue weighted by atomic mass is 10.3. The van der Waals surface area contributed by atoms with Crippen LogP contribution >= 0.6 is 34.5 Å². The topological polar surface area (TPSA) is 17.8 Å². The molecule has 104 valence electrons.